The Kier molecular flexibility index (Phi) is 5.47. The largest absolute Gasteiger partial charge is 0.456 e. The van der Waals surface area contributed by atoms with E-state index < -0.39 is 7.14 Å². The van der Waals surface area contributed by atoms with E-state index in [1.54, 1.807) is 0 Å². The van der Waals surface area contributed by atoms with Crippen molar-refractivity contribution < 1.29 is 8.98 Å². The zero-order chi connectivity index (χ0) is 29.3. The molecule has 0 saturated carbocycles. The van der Waals surface area contributed by atoms with E-state index in [-0.39, 0.29) is 0 Å². The Hall–Kier alpha value is -5.37. The average Bonchev–Trinajstić information content (AvgIpc) is 3.79. The SMILES string of the molecule is O=P1(c2ccccc2)c2ccccc2-c2c1ccc1c3ccccc3n(-c3ccc(-c4ccc(-c5ccccc5)o4)cc3)c21. The van der Waals surface area contributed by atoms with E-state index in [0.717, 1.165) is 71.8 Å². The number of furan rings is 1. The molecule has 1 unspecified atom stereocenters. The quantitative estimate of drug-likeness (QED) is 0.194. The molecule has 3 nitrogen and oxygen atoms in total. The van der Waals surface area contributed by atoms with Crippen LogP contribution in [-0.2, 0) is 4.57 Å². The normalized spacial score (nSPS) is 15.5. The summed E-state index contributed by atoms with van der Waals surface area (Å²) in [5.41, 5.74) is 7.42. The van der Waals surface area contributed by atoms with E-state index >= 15 is 4.57 Å². The first kappa shape index (κ1) is 25.2. The maximum atomic E-state index is 15.3. The van der Waals surface area contributed by atoms with E-state index in [9.17, 15) is 0 Å². The molecule has 208 valence electrons. The van der Waals surface area contributed by atoms with Gasteiger partial charge in [0.25, 0.3) is 0 Å². The highest BCUT2D eigenvalue weighted by Gasteiger charge is 2.41. The minimum Gasteiger partial charge on any atom is -0.456 e. The lowest BCUT2D eigenvalue weighted by Crippen LogP contribution is -2.20. The third kappa shape index (κ3) is 3.54. The highest BCUT2D eigenvalue weighted by Crippen LogP contribution is 2.54. The summed E-state index contributed by atoms with van der Waals surface area (Å²) in [7, 11) is -3.06. The van der Waals surface area contributed by atoms with Gasteiger partial charge in [-0.05, 0) is 54.1 Å². The van der Waals surface area contributed by atoms with Crippen LogP contribution in [0.1, 0.15) is 0 Å². The first-order chi connectivity index (χ1) is 21.7. The number of nitrogens with zero attached hydrogens (tertiary/aromatic N) is 1. The van der Waals surface area contributed by atoms with Crippen molar-refractivity contribution in [2.45, 2.75) is 0 Å². The Morgan fingerprint density at radius 1 is 0.500 bits per heavy atom. The van der Waals surface area contributed by atoms with Gasteiger partial charge in [0.1, 0.15) is 11.5 Å². The number of benzene rings is 6. The van der Waals surface area contributed by atoms with Gasteiger partial charge in [-0.1, -0.05) is 109 Å². The average molecular weight is 584 g/mol. The molecule has 0 fully saturated rings. The van der Waals surface area contributed by atoms with Gasteiger partial charge in [0, 0.05) is 49.1 Å². The van der Waals surface area contributed by atoms with E-state index in [1.807, 2.05) is 72.8 Å². The van der Waals surface area contributed by atoms with Crippen LogP contribution in [0, 0.1) is 0 Å². The van der Waals surface area contributed by atoms with E-state index in [2.05, 4.69) is 89.5 Å². The lowest BCUT2D eigenvalue weighted by molar-refractivity contribution is 0.593. The van der Waals surface area contributed by atoms with Crippen molar-refractivity contribution in [2.24, 2.45) is 0 Å². The topological polar surface area (TPSA) is 35.1 Å². The molecule has 0 bridgehead atoms. The Labute approximate surface area is 255 Å². The molecule has 0 radical (unpaired) electrons. The van der Waals surface area contributed by atoms with Crippen LogP contribution in [0.25, 0.3) is 61.3 Å². The van der Waals surface area contributed by atoms with Crippen molar-refractivity contribution in [3.8, 4) is 39.5 Å². The van der Waals surface area contributed by atoms with Crippen LogP contribution in [-0.4, -0.2) is 4.57 Å². The monoisotopic (exact) mass is 583 g/mol. The van der Waals surface area contributed by atoms with Crippen LogP contribution in [0.5, 0.6) is 0 Å². The molecule has 0 saturated heterocycles. The van der Waals surface area contributed by atoms with E-state index in [1.165, 1.54) is 5.39 Å². The van der Waals surface area contributed by atoms with E-state index in [0.29, 0.717) is 0 Å². The van der Waals surface area contributed by atoms with E-state index in [4.69, 9.17) is 4.42 Å². The second kappa shape index (κ2) is 9.57. The molecular formula is C40H26NO2P. The molecule has 0 aliphatic carbocycles. The van der Waals surface area contributed by atoms with Crippen LogP contribution in [0.3, 0.4) is 0 Å². The lowest BCUT2D eigenvalue weighted by atomic mass is 10.0. The third-order valence-corrected chi connectivity index (χ3v) is 12.0. The first-order valence-electron chi connectivity index (χ1n) is 14.8. The first-order valence-corrected chi connectivity index (χ1v) is 16.5. The van der Waals surface area contributed by atoms with Crippen LogP contribution >= 0.6 is 7.14 Å². The van der Waals surface area contributed by atoms with Crippen molar-refractivity contribution >= 4 is 44.9 Å². The maximum absolute atomic E-state index is 15.3. The number of rotatable bonds is 4. The molecule has 4 heteroatoms. The summed E-state index contributed by atoms with van der Waals surface area (Å²) in [5, 5.41) is 5.01. The molecule has 0 amide bonds. The molecule has 0 spiro atoms. The van der Waals surface area contributed by atoms with Crippen molar-refractivity contribution in [1.82, 2.24) is 4.57 Å². The van der Waals surface area contributed by atoms with Gasteiger partial charge >= 0.3 is 0 Å². The summed E-state index contributed by atoms with van der Waals surface area (Å²) in [6.45, 7) is 0. The standard InChI is InChI=1S/C40H26NO2P/c42-44(30-13-5-2-6-14-30)37-18-10-8-16-33(37)39-38(44)26-23-32-31-15-7-9-17-34(31)41(40(32)39)29-21-19-28(20-22-29)36-25-24-35(43-36)27-11-3-1-4-12-27/h1-26H. The van der Waals surface area contributed by atoms with Crippen LogP contribution in [0.15, 0.2) is 162 Å². The van der Waals surface area contributed by atoms with Gasteiger partial charge in [0.2, 0.25) is 0 Å². The van der Waals surface area contributed by atoms with Crippen LogP contribution in [0.4, 0.5) is 0 Å². The number of fused-ring (bicyclic) bond motifs is 7. The molecule has 2 aromatic heterocycles. The molecule has 3 heterocycles. The summed E-state index contributed by atoms with van der Waals surface area (Å²) in [6.07, 6.45) is 0. The molecule has 8 aromatic rings. The predicted molar refractivity (Wildman–Crippen MR) is 182 cm³/mol. The second-order valence-electron chi connectivity index (χ2n) is 11.2. The number of hydrogen-bond acceptors (Lipinski definition) is 2. The highest BCUT2D eigenvalue weighted by atomic mass is 31.2. The molecule has 1 atom stereocenters. The summed E-state index contributed by atoms with van der Waals surface area (Å²) in [5.74, 6) is 1.68. The van der Waals surface area contributed by atoms with Crippen LogP contribution < -0.4 is 15.9 Å². The van der Waals surface area contributed by atoms with Gasteiger partial charge in [0.05, 0.1) is 11.0 Å². The summed E-state index contributed by atoms with van der Waals surface area (Å²) >= 11 is 0. The van der Waals surface area contributed by atoms with Gasteiger partial charge in [-0.25, -0.2) is 0 Å². The number of hydrogen-bond donors (Lipinski definition) is 0. The Morgan fingerprint density at radius 3 is 1.91 bits per heavy atom. The Balaban J connectivity index is 1.27. The summed E-state index contributed by atoms with van der Waals surface area (Å²) < 4.78 is 23.8. The fraction of sp³-hybridized carbons (Fsp3) is 0. The molecular weight excluding hydrogens is 557 g/mol. The molecule has 0 N–H and O–H groups in total. The minimum atomic E-state index is -3.06. The minimum absolute atomic E-state index is 0.830. The molecule has 6 aromatic carbocycles. The Morgan fingerprint density at radius 2 is 1.14 bits per heavy atom. The molecule has 1 aliphatic heterocycles. The molecule has 44 heavy (non-hydrogen) atoms. The number of aromatic nitrogens is 1. The van der Waals surface area contributed by atoms with Gasteiger partial charge < -0.3 is 13.5 Å². The fourth-order valence-corrected chi connectivity index (χ4v) is 9.93. The number of para-hydroxylation sites is 1. The van der Waals surface area contributed by atoms with Gasteiger partial charge in [0.15, 0.2) is 7.14 Å². The smallest absolute Gasteiger partial charge is 0.172 e. The van der Waals surface area contributed by atoms with Gasteiger partial charge in [-0.2, -0.15) is 0 Å². The lowest BCUT2D eigenvalue weighted by Gasteiger charge is -2.16. The summed E-state index contributed by atoms with van der Waals surface area (Å²) in [4.78, 5) is 0. The zero-order valence-electron chi connectivity index (χ0n) is 23.7. The maximum Gasteiger partial charge on any atom is 0.172 e. The fourth-order valence-electron chi connectivity index (χ4n) is 6.87. The van der Waals surface area contributed by atoms with Crippen molar-refractivity contribution in [3.63, 3.8) is 0 Å². The van der Waals surface area contributed by atoms with Crippen molar-refractivity contribution in [2.75, 3.05) is 0 Å². The third-order valence-electron chi connectivity index (χ3n) is 8.86. The molecule has 1 aliphatic rings. The predicted octanol–water partition coefficient (Wildman–Crippen LogP) is 9.33. The van der Waals surface area contributed by atoms with Gasteiger partial charge in [-0.15, -0.1) is 0 Å². The zero-order valence-corrected chi connectivity index (χ0v) is 24.6. The highest BCUT2D eigenvalue weighted by molar-refractivity contribution is 7.86. The van der Waals surface area contributed by atoms with Crippen molar-refractivity contribution in [1.29, 1.82) is 0 Å². The Bertz CT molecular complexity index is 2400. The summed E-state index contributed by atoms with van der Waals surface area (Å²) in [6, 6.07) is 53.7. The van der Waals surface area contributed by atoms with Gasteiger partial charge in [-0.3, -0.25) is 0 Å². The molecule has 9 rings (SSSR count). The van der Waals surface area contributed by atoms with Crippen LogP contribution in [0.2, 0.25) is 0 Å². The second-order valence-corrected chi connectivity index (χ2v) is 13.9. The van der Waals surface area contributed by atoms with Crippen molar-refractivity contribution in [3.05, 3.63) is 158 Å².